The molecule has 8 nitrogen and oxygen atoms in total. The summed E-state index contributed by atoms with van der Waals surface area (Å²) in [5, 5.41) is 24.3. The van der Waals surface area contributed by atoms with Gasteiger partial charge in [0, 0.05) is 20.2 Å². The molecule has 0 radical (unpaired) electrons. The predicted molar refractivity (Wildman–Crippen MR) is 91.1 cm³/mol. The van der Waals surface area contributed by atoms with E-state index in [-0.39, 0.29) is 19.6 Å². The minimum atomic E-state index is -1.27. The first kappa shape index (κ1) is 18.5. The number of nitrogens with zero attached hydrogens (tertiary/aromatic N) is 3. The van der Waals surface area contributed by atoms with Crippen molar-refractivity contribution in [2.24, 2.45) is 5.41 Å². The Hall–Kier alpha value is -2.29. The van der Waals surface area contributed by atoms with E-state index < -0.39 is 17.5 Å². The van der Waals surface area contributed by atoms with E-state index in [1.165, 1.54) is 0 Å². The third-order valence-corrected chi connectivity index (χ3v) is 4.79. The summed E-state index contributed by atoms with van der Waals surface area (Å²) in [5.41, 5.74) is -0.384. The lowest BCUT2D eigenvalue weighted by molar-refractivity contribution is -0.163. The molecule has 1 fully saturated rings. The smallest absolute Gasteiger partial charge is 0.313 e. The molecule has 0 aliphatic carbocycles. The van der Waals surface area contributed by atoms with Crippen molar-refractivity contribution in [2.45, 2.75) is 32.1 Å². The number of benzene rings is 1. The second-order valence-electron chi connectivity index (χ2n) is 6.68. The van der Waals surface area contributed by atoms with Gasteiger partial charge in [0.1, 0.15) is 12.0 Å². The quantitative estimate of drug-likeness (QED) is 0.754. The van der Waals surface area contributed by atoms with Crippen molar-refractivity contribution in [2.75, 3.05) is 20.2 Å². The summed E-state index contributed by atoms with van der Waals surface area (Å²) >= 11 is 0. The van der Waals surface area contributed by atoms with Gasteiger partial charge in [0.2, 0.25) is 5.89 Å². The Morgan fingerprint density at radius 3 is 2.88 bits per heavy atom. The van der Waals surface area contributed by atoms with E-state index in [4.69, 9.17) is 9.26 Å². The fourth-order valence-electron chi connectivity index (χ4n) is 3.45. The lowest BCUT2D eigenvalue weighted by Gasteiger charge is -2.43. The fraction of sp³-hybridized carbons (Fsp3) is 0.500. The van der Waals surface area contributed by atoms with Gasteiger partial charge in [0.05, 0.1) is 12.6 Å². The van der Waals surface area contributed by atoms with Crippen LogP contribution >= 0.6 is 0 Å². The van der Waals surface area contributed by atoms with Crippen molar-refractivity contribution in [1.82, 2.24) is 15.0 Å². The van der Waals surface area contributed by atoms with E-state index in [1.807, 2.05) is 35.2 Å². The average Bonchev–Trinajstić information content (AvgIpc) is 3.06. The SMILES string of the molecule is COCc1noc(CN2CC[C@H](O)[C@@](Cc3ccccc3)(C(=O)O)C2)n1. The summed E-state index contributed by atoms with van der Waals surface area (Å²) in [7, 11) is 1.55. The maximum absolute atomic E-state index is 12.1. The zero-order valence-corrected chi connectivity index (χ0v) is 14.7. The van der Waals surface area contributed by atoms with Gasteiger partial charge in [0.15, 0.2) is 5.82 Å². The van der Waals surface area contributed by atoms with Gasteiger partial charge < -0.3 is 19.5 Å². The molecule has 0 unspecified atom stereocenters. The molecule has 1 saturated heterocycles. The van der Waals surface area contributed by atoms with Crippen molar-refractivity contribution in [3.63, 3.8) is 0 Å². The Kier molecular flexibility index (Phi) is 5.65. The topological polar surface area (TPSA) is 109 Å². The molecule has 0 saturated carbocycles. The monoisotopic (exact) mass is 361 g/mol. The number of carbonyl (C=O) groups is 1. The summed E-state index contributed by atoms with van der Waals surface area (Å²) in [6.45, 7) is 1.37. The number of likely N-dealkylation sites (tertiary alicyclic amines) is 1. The first-order valence-electron chi connectivity index (χ1n) is 8.51. The summed E-state index contributed by atoms with van der Waals surface area (Å²) in [5.74, 6) is -0.134. The summed E-state index contributed by atoms with van der Waals surface area (Å²) in [6.07, 6.45) is -0.277. The van der Waals surface area contributed by atoms with Gasteiger partial charge in [-0.05, 0) is 18.4 Å². The zero-order chi connectivity index (χ0) is 18.6. The third kappa shape index (κ3) is 3.92. The molecule has 0 spiro atoms. The van der Waals surface area contributed by atoms with Crippen LogP contribution in [0, 0.1) is 5.41 Å². The summed E-state index contributed by atoms with van der Waals surface area (Å²) in [4.78, 5) is 18.3. The molecule has 1 aromatic heterocycles. The summed E-state index contributed by atoms with van der Waals surface area (Å²) in [6, 6.07) is 9.38. The second-order valence-corrected chi connectivity index (χ2v) is 6.68. The largest absolute Gasteiger partial charge is 0.481 e. The molecule has 0 bridgehead atoms. The van der Waals surface area contributed by atoms with Gasteiger partial charge in [-0.25, -0.2) is 0 Å². The highest BCUT2D eigenvalue weighted by molar-refractivity contribution is 5.76. The van der Waals surface area contributed by atoms with Gasteiger partial charge in [-0.2, -0.15) is 4.98 Å². The molecular weight excluding hydrogens is 338 g/mol. The number of hydrogen-bond acceptors (Lipinski definition) is 7. The molecule has 1 aliphatic heterocycles. The van der Waals surface area contributed by atoms with E-state index in [0.29, 0.717) is 31.2 Å². The molecule has 3 rings (SSSR count). The van der Waals surface area contributed by atoms with Crippen LogP contribution in [0.2, 0.25) is 0 Å². The number of aromatic nitrogens is 2. The van der Waals surface area contributed by atoms with Crippen LogP contribution in [0.3, 0.4) is 0 Å². The first-order valence-corrected chi connectivity index (χ1v) is 8.51. The number of carboxylic acid groups (broad SMARTS) is 1. The second kappa shape index (κ2) is 7.94. The van der Waals surface area contributed by atoms with Crippen molar-refractivity contribution in [1.29, 1.82) is 0 Å². The standard InChI is InChI=1S/C18H23N3O5/c1-25-11-15-19-16(26-20-15)10-21-8-7-14(22)18(12-21,17(23)24)9-13-5-3-2-4-6-13/h2-6,14,22H,7-12H2,1H3,(H,23,24)/t14-,18-/m0/s1. The molecule has 140 valence electrons. The summed E-state index contributed by atoms with van der Waals surface area (Å²) < 4.78 is 10.2. The van der Waals surface area contributed by atoms with Crippen molar-refractivity contribution >= 4 is 5.97 Å². The van der Waals surface area contributed by atoms with E-state index >= 15 is 0 Å². The molecule has 2 atom stereocenters. The number of ether oxygens (including phenoxy) is 1. The van der Waals surface area contributed by atoms with Crippen LogP contribution in [0.4, 0.5) is 0 Å². The lowest BCUT2D eigenvalue weighted by atomic mass is 9.73. The van der Waals surface area contributed by atoms with Crippen molar-refractivity contribution in [3.8, 4) is 0 Å². The number of aliphatic carboxylic acids is 1. The zero-order valence-electron chi connectivity index (χ0n) is 14.7. The number of aliphatic hydroxyl groups is 1. The predicted octanol–water partition coefficient (Wildman–Crippen LogP) is 1.10. The fourth-order valence-corrected chi connectivity index (χ4v) is 3.45. The normalized spacial score (nSPS) is 23.8. The molecule has 2 aromatic rings. The van der Waals surface area contributed by atoms with E-state index in [1.54, 1.807) is 7.11 Å². The Bertz CT molecular complexity index is 735. The lowest BCUT2D eigenvalue weighted by Crippen LogP contribution is -2.56. The molecule has 2 N–H and O–H groups in total. The molecular formula is C18H23N3O5. The highest BCUT2D eigenvalue weighted by Crippen LogP contribution is 2.35. The molecule has 8 heteroatoms. The molecule has 1 aliphatic rings. The van der Waals surface area contributed by atoms with Crippen molar-refractivity contribution < 1.29 is 24.3 Å². The highest BCUT2D eigenvalue weighted by Gasteiger charge is 2.49. The van der Waals surface area contributed by atoms with Crippen LogP contribution in [-0.4, -0.2) is 57.5 Å². The molecule has 2 heterocycles. The average molecular weight is 361 g/mol. The van der Waals surface area contributed by atoms with Crippen LogP contribution in [0.5, 0.6) is 0 Å². The third-order valence-electron chi connectivity index (χ3n) is 4.79. The van der Waals surface area contributed by atoms with Gasteiger partial charge in [-0.15, -0.1) is 0 Å². The molecule has 26 heavy (non-hydrogen) atoms. The maximum atomic E-state index is 12.1. The van der Waals surface area contributed by atoms with Crippen LogP contribution in [0.25, 0.3) is 0 Å². The van der Waals surface area contributed by atoms with Crippen LogP contribution < -0.4 is 0 Å². The number of piperidine rings is 1. The Morgan fingerprint density at radius 1 is 1.42 bits per heavy atom. The minimum absolute atomic E-state index is 0.209. The van der Waals surface area contributed by atoms with E-state index in [2.05, 4.69) is 10.1 Å². The van der Waals surface area contributed by atoms with Gasteiger partial charge in [-0.1, -0.05) is 35.5 Å². The van der Waals surface area contributed by atoms with Gasteiger partial charge in [-0.3, -0.25) is 9.69 Å². The number of methoxy groups -OCH3 is 1. The van der Waals surface area contributed by atoms with Crippen LogP contribution in [-0.2, 0) is 29.1 Å². The van der Waals surface area contributed by atoms with Crippen LogP contribution in [0.1, 0.15) is 23.7 Å². The molecule has 0 amide bonds. The van der Waals surface area contributed by atoms with Gasteiger partial charge >= 0.3 is 5.97 Å². The van der Waals surface area contributed by atoms with E-state index in [0.717, 1.165) is 5.56 Å². The number of aliphatic hydroxyl groups excluding tert-OH is 1. The van der Waals surface area contributed by atoms with Crippen LogP contribution in [0.15, 0.2) is 34.9 Å². The Labute approximate surface area is 151 Å². The number of carboxylic acids is 1. The van der Waals surface area contributed by atoms with E-state index in [9.17, 15) is 15.0 Å². The minimum Gasteiger partial charge on any atom is -0.481 e. The Morgan fingerprint density at radius 2 is 2.19 bits per heavy atom. The first-order chi connectivity index (χ1) is 12.5. The Balaban J connectivity index is 1.76. The number of hydrogen-bond donors (Lipinski definition) is 2. The highest BCUT2D eigenvalue weighted by atomic mass is 16.5. The van der Waals surface area contributed by atoms with Crippen molar-refractivity contribution in [3.05, 3.63) is 47.6 Å². The molecule has 1 aromatic carbocycles. The number of rotatable bonds is 7. The van der Waals surface area contributed by atoms with Gasteiger partial charge in [0.25, 0.3) is 0 Å². The maximum Gasteiger partial charge on any atom is 0.313 e.